The molecule has 2 unspecified atom stereocenters. The molecule has 1 rings (SSSR count). The summed E-state index contributed by atoms with van der Waals surface area (Å²) in [5, 5.41) is 9.16. The van der Waals surface area contributed by atoms with Gasteiger partial charge in [-0.05, 0) is 25.2 Å². The average Bonchev–Trinajstić information content (AvgIpc) is 2.11. The minimum absolute atomic E-state index is 0.139. The number of rotatable bonds is 3. The summed E-state index contributed by atoms with van der Waals surface area (Å²) in [6.45, 7) is 2.36. The molecule has 2 atom stereocenters. The third-order valence-corrected chi connectivity index (χ3v) is 1.99. The molecule has 0 bridgehead atoms. The van der Waals surface area contributed by atoms with Crippen LogP contribution in [0, 0.1) is 0 Å². The Balaban J connectivity index is 2.84. The highest BCUT2D eigenvalue weighted by atomic mass is 16.7. The molecule has 0 spiro atoms. The molecule has 0 radical (unpaired) electrons. The first-order valence-corrected chi connectivity index (χ1v) is 4.19. The number of aliphatic hydroxyl groups excluding tert-OH is 1. The standard InChI is InChI=1S/C9H15NO3/c1-3-13-9(12-2)5-4-7(11)6-8(9)10/h4-6,8,11H,3,10H2,1-2H3. The molecule has 1 aliphatic carbocycles. The first-order chi connectivity index (χ1) is 6.14. The second-order valence-electron chi connectivity index (χ2n) is 2.81. The predicted octanol–water partition coefficient (Wildman–Crippen LogP) is 0.705. The number of allylic oxidation sites excluding steroid dienone is 1. The fourth-order valence-electron chi connectivity index (χ4n) is 1.30. The molecule has 0 aliphatic heterocycles. The highest BCUT2D eigenvalue weighted by Crippen LogP contribution is 2.24. The van der Waals surface area contributed by atoms with Crippen LogP contribution in [-0.4, -0.2) is 30.7 Å². The van der Waals surface area contributed by atoms with Gasteiger partial charge in [-0.3, -0.25) is 0 Å². The molecule has 4 nitrogen and oxygen atoms in total. The van der Waals surface area contributed by atoms with Gasteiger partial charge in [0.25, 0.3) is 0 Å². The van der Waals surface area contributed by atoms with Crippen molar-refractivity contribution in [3.63, 3.8) is 0 Å². The molecule has 13 heavy (non-hydrogen) atoms. The summed E-state index contributed by atoms with van der Waals surface area (Å²) in [6.07, 6.45) is 4.64. The third kappa shape index (κ3) is 1.91. The van der Waals surface area contributed by atoms with E-state index in [2.05, 4.69) is 0 Å². The summed E-state index contributed by atoms with van der Waals surface area (Å²) < 4.78 is 10.6. The van der Waals surface area contributed by atoms with Crippen molar-refractivity contribution < 1.29 is 14.6 Å². The zero-order chi connectivity index (χ0) is 9.90. The van der Waals surface area contributed by atoms with Crippen molar-refractivity contribution in [2.75, 3.05) is 13.7 Å². The van der Waals surface area contributed by atoms with Crippen LogP contribution in [0.2, 0.25) is 0 Å². The minimum atomic E-state index is -0.930. The van der Waals surface area contributed by atoms with E-state index in [0.29, 0.717) is 6.61 Å². The van der Waals surface area contributed by atoms with Gasteiger partial charge in [0.15, 0.2) is 0 Å². The molecule has 74 valence electrons. The minimum Gasteiger partial charge on any atom is -0.508 e. The van der Waals surface area contributed by atoms with Crippen molar-refractivity contribution in [2.45, 2.75) is 18.8 Å². The maximum absolute atomic E-state index is 9.16. The number of hydrogen-bond donors (Lipinski definition) is 2. The molecule has 0 saturated heterocycles. The van der Waals surface area contributed by atoms with Gasteiger partial charge in [-0.15, -0.1) is 0 Å². The monoisotopic (exact) mass is 185 g/mol. The Morgan fingerprint density at radius 1 is 1.69 bits per heavy atom. The van der Waals surface area contributed by atoms with E-state index in [1.807, 2.05) is 6.92 Å². The van der Waals surface area contributed by atoms with Crippen LogP contribution in [0.25, 0.3) is 0 Å². The lowest BCUT2D eigenvalue weighted by Gasteiger charge is -2.34. The fraction of sp³-hybridized carbons (Fsp3) is 0.556. The molecule has 0 aromatic heterocycles. The van der Waals surface area contributed by atoms with Crippen LogP contribution >= 0.6 is 0 Å². The van der Waals surface area contributed by atoms with E-state index < -0.39 is 11.8 Å². The van der Waals surface area contributed by atoms with Crippen LogP contribution in [0.4, 0.5) is 0 Å². The summed E-state index contributed by atoms with van der Waals surface area (Å²) >= 11 is 0. The van der Waals surface area contributed by atoms with Crippen LogP contribution < -0.4 is 5.73 Å². The molecule has 3 N–H and O–H groups in total. The molecule has 1 aliphatic rings. The second kappa shape index (κ2) is 3.91. The fourth-order valence-corrected chi connectivity index (χ4v) is 1.30. The van der Waals surface area contributed by atoms with E-state index in [9.17, 15) is 0 Å². The van der Waals surface area contributed by atoms with Crippen LogP contribution in [0.3, 0.4) is 0 Å². The predicted molar refractivity (Wildman–Crippen MR) is 49.2 cm³/mol. The lowest BCUT2D eigenvalue weighted by atomic mass is 10.0. The maximum atomic E-state index is 9.16. The van der Waals surface area contributed by atoms with Crippen molar-refractivity contribution in [1.29, 1.82) is 0 Å². The molecule has 4 heteroatoms. The summed E-state index contributed by atoms with van der Waals surface area (Å²) in [7, 11) is 1.52. The number of nitrogens with two attached hydrogens (primary N) is 1. The third-order valence-electron chi connectivity index (χ3n) is 1.99. The molecule has 0 saturated carbocycles. The highest BCUT2D eigenvalue weighted by Gasteiger charge is 2.36. The van der Waals surface area contributed by atoms with Gasteiger partial charge in [-0.1, -0.05) is 0 Å². The largest absolute Gasteiger partial charge is 0.508 e. The van der Waals surface area contributed by atoms with Crippen LogP contribution in [0.1, 0.15) is 6.92 Å². The summed E-state index contributed by atoms with van der Waals surface area (Å²) in [5.74, 6) is -0.791. The highest BCUT2D eigenvalue weighted by molar-refractivity contribution is 5.25. The summed E-state index contributed by atoms with van der Waals surface area (Å²) in [4.78, 5) is 0. The van der Waals surface area contributed by atoms with E-state index in [1.54, 1.807) is 6.08 Å². The summed E-state index contributed by atoms with van der Waals surface area (Å²) in [5.41, 5.74) is 5.76. The van der Waals surface area contributed by atoms with E-state index in [-0.39, 0.29) is 5.76 Å². The zero-order valence-corrected chi connectivity index (χ0v) is 7.86. The van der Waals surface area contributed by atoms with Crippen molar-refractivity contribution >= 4 is 0 Å². The Labute approximate surface area is 77.6 Å². The van der Waals surface area contributed by atoms with Gasteiger partial charge in [0.1, 0.15) is 5.76 Å². The van der Waals surface area contributed by atoms with Gasteiger partial charge in [0.2, 0.25) is 5.79 Å². The van der Waals surface area contributed by atoms with Gasteiger partial charge in [-0.25, -0.2) is 0 Å². The molecule has 0 amide bonds. The summed E-state index contributed by atoms with van der Waals surface area (Å²) in [6, 6.07) is -0.484. The lowest BCUT2D eigenvalue weighted by molar-refractivity contribution is -0.192. The first kappa shape index (κ1) is 10.2. The van der Waals surface area contributed by atoms with E-state index >= 15 is 0 Å². The second-order valence-corrected chi connectivity index (χ2v) is 2.81. The van der Waals surface area contributed by atoms with Crippen molar-refractivity contribution in [1.82, 2.24) is 0 Å². The van der Waals surface area contributed by atoms with Gasteiger partial charge in [-0.2, -0.15) is 0 Å². The van der Waals surface area contributed by atoms with Gasteiger partial charge >= 0.3 is 0 Å². The van der Waals surface area contributed by atoms with E-state index in [1.165, 1.54) is 19.3 Å². The Hall–Kier alpha value is -0.840. The molecule has 0 aromatic rings. The van der Waals surface area contributed by atoms with Crippen molar-refractivity contribution in [3.05, 3.63) is 24.0 Å². The van der Waals surface area contributed by atoms with Crippen LogP contribution in [-0.2, 0) is 9.47 Å². The molecule has 0 heterocycles. The molecular weight excluding hydrogens is 170 g/mol. The average molecular weight is 185 g/mol. The lowest BCUT2D eigenvalue weighted by Crippen LogP contribution is -2.50. The number of aliphatic hydroxyl groups is 1. The van der Waals surface area contributed by atoms with Crippen LogP contribution in [0.15, 0.2) is 24.0 Å². The number of hydrogen-bond acceptors (Lipinski definition) is 4. The smallest absolute Gasteiger partial charge is 0.207 e. The zero-order valence-electron chi connectivity index (χ0n) is 7.86. The van der Waals surface area contributed by atoms with E-state index in [4.69, 9.17) is 20.3 Å². The molecule has 0 aromatic carbocycles. The van der Waals surface area contributed by atoms with Crippen LogP contribution in [0.5, 0.6) is 0 Å². The Morgan fingerprint density at radius 3 is 2.85 bits per heavy atom. The number of methoxy groups -OCH3 is 1. The quantitative estimate of drug-likeness (QED) is 0.635. The van der Waals surface area contributed by atoms with E-state index in [0.717, 1.165) is 0 Å². The normalized spacial score (nSPS) is 33.2. The number of ether oxygens (including phenoxy) is 2. The molecule has 0 fully saturated rings. The maximum Gasteiger partial charge on any atom is 0.207 e. The topological polar surface area (TPSA) is 64.7 Å². The SMILES string of the molecule is CCOC1(OC)C=CC(O)=CC1N. The van der Waals surface area contributed by atoms with Crippen molar-refractivity contribution in [2.24, 2.45) is 5.73 Å². The Morgan fingerprint density at radius 2 is 2.38 bits per heavy atom. The van der Waals surface area contributed by atoms with Crippen molar-refractivity contribution in [3.8, 4) is 0 Å². The van der Waals surface area contributed by atoms with Gasteiger partial charge in [0, 0.05) is 13.7 Å². The first-order valence-electron chi connectivity index (χ1n) is 4.19. The van der Waals surface area contributed by atoms with Gasteiger partial charge < -0.3 is 20.3 Å². The Bertz CT molecular complexity index is 237. The Kier molecular flexibility index (Phi) is 3.08. The molecular formula is C9H15NO3. The van der Waals surface area contributed by atoms with Gasteiger partial charge in [0.05, 0.1) is 6.04 Å².